The van der Waals surface area contributed by atoms with Crippen LogP contribution in [0.4, 0.5) is 0 Å². The zero-order valence-corrected chi connectivity index (χ0v) is 47.4. The summed E-state index contributed by atoms with van der Waals surface area (Å²) in [7, 11) is 3.57. The summed E-state index contributed by atoms with van der Waals surface area (Å²) in [6.45, 7) is 25.8. The summed E-state index contributed by atoms with van der Waals surface area (Å²) in [5, 5.41) is 31.4. The molecule has 70 heavy (non-hydrogen) atoms. The van der Waals surface area contributed by atoms with Crippen molar-refractivity contribution in [2.75, 3.05) is 20.8 Å². The monoisotopic (exact) mass is 975 g/mol. The van der Waals surface area contributed by atoms with Crippen molar-refractivity contribution in [3.05, 3.63) is 0 Å². The molecule has 27 atom stereocenters. The molecule has 6 nitrogen and oxygen atoms in total. The van der Waals surface area contributed by atoms with Gasteiger partial charge in [-0.15, -0.1) is 0 Å². The van der Waals surface area contributed by atoms with Gasteiger partial charge in [-0.1, -0.05) is 62.3 Å². The van der Waals surface area contributed by atoms with E-state index in [0.717, 1.165) is 116 Å². The summed E-state index contributed by atoms with van der Waals surface area (Å²) in [5.74, 6) is 13.2. The number of aliphatic hydroxyl groups is 3. The normalized spacial score (nSPS) is 58.4. The molecule has 0 radical (unpaired) electrons. The number of hydrogen-bond acceptors (Lipinski definition) is 6. The number of hydrogen-bond donors (Lipinski definition) is 3. The van der Waals surface area contributed by atoms with E-state index in [9.17, 15) is 15.3 Å². The maximum atomic E-state index is 10.6. The molecule has 6 heteroatoms. The van der Waals surface area contributed by atoms with E-state index in [-0.39, 0.29) is 36.6 Å². The molecular formula is C64H110O6. The predicted molar refractivity (Wildman–Crippen MR) is 284 cm³/mol. The fourth-order valence-electron chi connectivity index (χ4n) is 23.4. The van der Waals surface area contributed by atoms with Crippen molar-refractivity contribution in [2.45, 2.75) is 260 Å². The highest BCUT2D eigenvalue weighted by molar-refractivity contribution is 5.13. The highest BCUT2D eigenvalue weighted by atomic mass is 16.5. The second kappa shape index (κ2) is 19.6. The molecule has 0 unspecified atom stereocenters. The van der Waals surface area contributed by atoms with Gasteiger partial charge in [0.25, 0.3) is 0 Å². The van der Waals surface area contributed by atoms with E-state index >= 15 is 0 Å². The van der Waals surface area contributed by atoms with Crippen LogP contribution in [0.2, 0.25) is 0 Å². The maximum Gasteiger partial charge on any atom is 0.0839 e. The van der Waals surface area contributed by atoms with E-state index in [0.29, 0.717) is 50.2 Å². The standard InChI is InChI=1S/C22H38O2.2C21H36O2/c1-5-24-20-13-22(4)15(12-19(20)23)7-8-16-17-9-6-14(2)21(17,3)11-10-18(16)22;2*1-13-5-8-16-15-7-6-14-11-18(22)19(23-4)12-21(14,3)17(15)9-10-20(13,16)2/h14-20,23H,5-13H2,1-4H3;2*13-19,22H,5-12H2,1-4H3/t14-,15+,16+,17+,18+,19+,20+,21-,22+;13-,14-,15-,16-,17-,18-,19+,20+,21-;13-,14-,15-,16-,17-,18-,19-,20+,21-/m100/s1. The van der Waals surface area contributed by atoms with Crippen molar-refractivity contribution in [1.29, 1.82) is 0 Å². The Hall–Kier alpha value is -0.240. The van der Waals surface area contributed by atoms with Gasteiger partial charge in [0.05, 0.1) is 36.6 Å². The van der Waals surface area contributed by atoms with Gasteiger partial charge in [-0.05, 0) is 282 Å². The lowest BCUT2D eigenvalue weighted by molar-refractivity contribution is -0.170. The Morgan fingerprint density at radius 2 is 0.657 bits per heavy atom. The molecule has 0 aromatic rings. The molecular weight excluding hydrogens is 865 g/mol. The largest absolute Gasteiger partial charge is 0.390 e. The van der Waals surface area contributed by atoms with E-state index in [4.69, 9.17) is 14.2 Å². The first-order valence-electron chi connectivity index (χ1n) is 30.9. The van der Waals surface area contributed by atoms with Gasteiger partial charge >= 0.3 is 0 Å². The van der Waals surface area contributed by atoms with Crippen LogP contribution in [0.15, 0.2) is 0 Å². The molecule has 3 N–H and O–H groups in total. The summed E-state index contributed by atoms with van der Waals surface area (Å²) < 4.78 is 17.3. The first kappa shape index (κ1) is 53.2. The summed E-state index contributed by atoms with van der Waals surface area (Å²) in [5.41, 5.74) is 3.03. The van der Waals surface area contributed by atoms with Crippen LogP contribution in [0.1, 0.15) is 223 Å². The van der Waals surface area contributed by atoms with Crippen LogP contribution in [0.5, 0.6) is 0 Å². The van der Waals surface area contributed by atoms with Gasteiger partial charge in [0.1, 0.15) is 0 Å². The molecule has 12 aliphatic carbocycles. The Morgan fingerprint density at radius 1 is 0.371 bits per heavy atom. The third-order valence-electron chi connectivity index (χ3n) is 28.4. The summed E-state index contributed by atoms with van der Waals surface area (Å²) in [4.78, 5) is 0. The lowest BCUT2D eigenvalue weighted by Crippen LogP contribution is -2.57. The second-order valence-electron chi connectivity index (χ2n) is 30.1. The third-order valence-corrected chi connectivity index (χ3v) is 28.4. The SMILES string of the molecule is CCO[C@H]1C[C@@]2(C)[C@@H](CC[C@@H]3[C@@H]2CC[C@]2(C)[C@H](C)CC[C@@H]32)C[C@@H]1O.CO[C@@H]1C[C@@]2(C)[C@@H](CC[C@@H]3[C@@H]2CC[C@]2(C)[C@@H](C)CC[C@@H]32)C[C@@H]1O.CO[C@H]1C[C@@]2(C)[C@@H](CC[C@@H]3[C@@H]2CC[C@]2(C)[C@@H](C)CC[C@@H]32)C[C@@H]1O. The molecule has 0 amide bonds. The van der Waals surface area contributed by atoms with Gasteiger partial charge in [0.15, 0.2) is 0 Å². The molecule has 12 rings (SSSR count). The third kappa shape index (κ3) is 8.39. The molecule has 12 aliphatic rings. The highest BCUT2D eigenvalue weighted by Crippen LogP contribution is 2.71. The van der Waals surface area contributed by atoms with Crippen molar-refractivity contribution < 1.29 is 29.5 Å². The van der Waals surface area contributed by atoms with Crippen LogP contribution >= 0.6 is 0 Å². The maximum absolute atomic E-state index is 10.6. The lowest BCUT2D eigenvalue weighted by Gasteiger charge is -2.61. The van der Waals surface area contributed by atoms with Gasteiger partial charge in [0, 0.05) is 20.8 Å². The molecule has 0 aliphatic heterocycles. The van der Waals surface area contributed by atoms with Crippen LogP contribution in [0, 0.1) is 121 Å². The number of aliphatic hydroxyl groups excluding tert-OH is 3. The first-order chi connectivity index (χ1) is 33.2. The number of methoxy groups -OCH3 is 2. The first-order valence-corrected chi connectivity index (χ1v) is 30.9. The highest BCUT2D eigenvalue weighted by Gasteiger charge is 2.64. The number of rotatable bonds is 4. The molecule has 0 saturated heterocycles. The van der Waals surface area contributed by atoms with Crippen molar-refractivity contribution in [3.8, 4) is 0 Å². The lowest BCUT2D eigenvalue weighted by atomic mass is 9.44. The van der Waals surface area contributed by atoms with Gasteiger partial charge in [-0.3, -0.25) is 0 Å². The quantitative estimate of drug-likeness (QED) is 0.260. The van der Waals surface area contributed by atoms with Crippen molar-refractivity contribution >= 4 is 0 Å². The minimum atomic E-state index is -0.241. The minimum Gasteiger partial charge on any atom is -0.390 e. The molecule has 0 bridgehead atoms. The van der Waals surface area contributed by atoms with Crippen LogP contribution < -0.4 is 0 Å². The second-order valence-corrected chi connectivity index (χ2v) is 30.1. The van der Waals surface area contributed by atoms with Crippen molar-refractivity contribution in [2.24, 2.45) is 121 Å². The Labute approximate surface area is 429 Å². The van der Waals surface area contributed by atoms with Gasteiger partial charge in [-0.25, -0.2) is 0 Å². The van der Waals surface area contributed by atoms with Crippen LogP contribution in [0.25, 0.3) is 0 Å². The topological polar surface area (TPSA) is 88.4 Å². The Bertz CT molecular complexity index is 1720. The van der Waals surface area contributed by atoms with E-state index in [1.807, 2.05) is 0 Å². The van der Waals surface area contributed by atoms with E-state index in [1.165, 1.54) is 116 Å². The number of fused-ring (bicyclic) bond motifs is 15. The van der Waals surface area contributed by atoms with E-state index in [2.05, 4.69) is 69.2 Å². The molecule has 12 fully saturated rings. The molecule has 0 heterocycles. The summed E-state index contributed by atoms with van der Waals surface area (Å²) >= 11 is 0. The summed E-state index contributed by atoms with van der Waals surface area (Å²) in [6, 6.07) is 0. The fraction of sp³-hybridized carbons (Fsp3) is 1.00. The number of ether oxygens (including phenoxy) is 3. The van der Waals surface area contributed by atoms with Gasteiger partial charge < -0.3 is 29.5 Å². The van der Waals surface area contributed by atoms with E-state index in [1.54, 1.807) is 14.2 Å². The molecule has 402 valence electrons. The van der Waals surface area contributed by atoms with Crippen LogP contribution in [-0.4, -0.2) is 72.8 Å². The zero-order chi connectivity index (χ0) is 49.9. The molecule has 12 saturated carbocycles. The average Bonchev–Trinajstić information content (AvgIpc) is 3.94. The van der Waals surface area contributed by atoms with Crippen molar-refractivity contribution in [3.63, 3.8) is 0 Å². The van der Waals surface area contributed by atoms with E-state index < -0.39 is 0 Å². The molecule has 0 aromatic heterocycles. The Morgan fingerprint density at radius 3 is 0.957 bits per heavy atom. The van der Waals surface area contributed by atoms with Gasteiger partial charge in [-0.2, -0.15) is 0 Å². The molecule has 0 spiro atoms. The predicted octanol–water partition coefficient (Wildman–Crippen LogP) is 14.3. The summed E-state index contributed by atoms with van der Waals surface area (Å²) in [6.07, 6.45) is 31.2. The molecule has 0 aromatic carbocycles. The minimum absolute atomic E-state index is 0.0609. The Balaban J connectivity index is 0.000000122. The smallest absolute Gasteiger partial charge is 0.0839 e. The zero-order valence-electron chi connectivity index (χ0n) is 47.4. The Kier molecular flexibility index (Phi) is 14.9. The average molecular weight is 976 g/mol. The van der Waals surface area contributed by atoms with Gasteiger partial charge in [0.2, 0.25) is 0 Å². The van der Waals surface area contributed by atoms with Crippen molar-refractivity contribution in [1.82, 2.24) is 0 Å². The van der Waals surface area contributed by atoms with Crippen LogP contribution in [0.3, 0.4) is 0 Å². The van der Waals surface area contributed by atoms with Crippen LogP contribution in [-0.2, 0) is 14.2 Å². The fourth-order valence-corrected chi connectivity index (χ4v) is 23.4.